The van der Waals surface area contributed by atoms with Crippen molar-refractivity contribution in [3.63, 3.8) is 0 Å². The van der Waals surface area contributed by atoms with Gasteiger partial charge in [0.15, 0.2) is 11.5 Å². The van der Waals surface area contributed by atoms with Gasteiger partial charge in [-0.1, -0.05) is 6.07 Å². The van der Waals surface area contributed by atoms with E-state index in [-0.39, 0.29) is 23.8 Å². The molecule has 1 heterocycles. The van der Waals surface area contributed by atoms with Gasteiger partial charge in [-0.3, -0.25) is 4.79 Å². The molecule has 2 rings (SSSR count). The zero-order valence-electron chi connectivity index (χ0n) is 10.5. The largest absolute Gasteiger partial charge is 0.504 e. The van der Waals surface area contributed by atoms with E-state index in [1.165, 1.54) is 30.9 Å². The minimum atomic E-state index is -0.792. The summed E-state index contributed by atoms with van der Waals surface area (Å²) in [6.45, 7) is 0. The maximum Gasteiger partial charge on any atom is 0.241 e. The van der Waals surface area contributed by atoms with E-state index in [1.54, 1.807) is 6.07 Å². The summed E-state index contributed by atoms with van der Waals surface area (Å²) in [5.41, 5.74) is 6.89. The Morgan fingerprint density at radius 3 is 2.60 bits per heavy atom. The topological polar surface area (TPSA) is 121 Å². The first-order chi connectivity index (χ1) is 9.56. The van der Waals surface area contributed by atoms with Gasteiger partial charge in [0.1, 0.15) is 6.33 Å². The lowest BCUT2D eigenvalue weighted by Crippen LogP contribution is -2.37. The van der Waals surface area contributed by atoms with E-state index in [0.29, 0.717) is 11.3 Å². The molecule has 1 amide bonds. The van der Waals surface area contributed by atoms with Crippen LogP contribution in [0.15, 0.2) is 36.9 Å². The molecule has 7 heteroatoms. The Morgan fingerprint density at radius 1 is 1.25 bits per heavy atom. The molecule has 1 aromatic heterocycles. The zero-order valence-corrected chi connectivity index (χ0v) is 10.5. The molecule has 2 aromatic rings. The minimum Gasteiger partial charge on any atom is -0.504 e. The Balaban J connectivity index is 1.98. The van der Waals surface area contributed by atoms with Gasteiger partial charge in [0, 0.05) is 0 Å². The quantitative estimate of drug-likeness (QED) is 0.599. The van der Waals surface area contributed by atoms with Crippen LogP contribution in [-0.2, 0) is 11.2 Å². The average molecular weight is 274 g/mol. The fourth-order valence-corrected chi connectivity index (χ4v) is 1.64. The van der Waals surface area contributed by atoms with E-state index < -0.39 is 6.04 Å². The Morgan fingerprint density at radius 2 is 1.95 bits per heavy atom. The number of nitrogens with two attached hydrogens (primary N) is 1. The molecule has 20 heavy (non-hydrogen) atoms. The summed E-state index contributed by atoms with van der Waals surface area (Å²) in [4.78, 5) is 19.4. The number of carbonyl (C=O) groups excluding carboxylic acids is 1. The maximum absolute atomic E-state index is 11.9. The van der Waals surface area contributed by atoms with Gasteiger partial charge in [-0.15, -0.1) is 0 Å². The average Bonchev–Trinajstić information content (AvgIpc) is 2.44. The van der Waals surface area contributed by atoms with Gasteiger partial charge in [0.2, 0.25) is 5.91 Å². The molecule has 0 unspecified atom stereocenters. The van der Waals surface area contributed by atoms with E-state index in [4.69, 9.17) is 5.73 Å². The fourth-order valence-electron chi connectivity index (χ4n) is 1.64. The van der Waals surface area contributed by atoms with Crippen LogP contribution < -0.4 is 11.1 Å². The monoisotopic (exact) mass is 274 g/mol. The van der Waals surface area contributed by atoms with Crippen LogP contribution in [0, 0.1) is 0 Å². The molecule has 0 fully saturated rings. The number of phenolic OH excluding ortho intramolecular Hbond substituents is 2. The van der Waals surface area contributed by atoms with Crippen molar-refractivity contribution in [1.82, 2.24) is 9.97 Å². The number of anilines is 1. The van der Waals surface area contributed by atoms with Crippen LogP contribution in [0.5, 0.6) is 11.5 Å². The number of aromatic nitrogens is 2. The van der Waals surface area contributed by atoms with Crippen molar-refractivity contribution in [2.45, 2.75) is 12.5 Å². The van der Waals surface area contributed by atoms with Crippen LogP contribution in [0.25, 0.3) is 0 Å². The third-order valence-corrected chi connectivity index (χ3v) is 2.66. The van der Waals surface area contributed by atoms with Crippen molar-refractivity contribution in [2.75, 3.05) is 5.32 Å². The molecule has 0 saturated heterocycles. The lowest BCUT2D eigenvalue weighted by Gasteiger charge is -2.12. The number of amides is 1. The highest BCUT2D eigenvalue weighted by atomic mass is 16.3. The number of carbonyl (C=O) groups is 1. The minimum absolute atomic E-state index is 0.215. The summed E-state index contributed by atoms with van der Waals surface area (Å²) in [7, 11) is 0. The summed E-state index contributed by atoms with van der Waals surface area (Å²) >= 11 is 0. The van der Waals surface area contributed by atoms with Gasteiger partial charge in [-0.25, -0.2) is 9.97 Å². The van der Waals surface area contributed by atoms with Gasteiger partial charge < -0.3 is 21.3 Å². The van der Waals surface area contributed by atoms with Gasteiger partial charge in [-0.05, 0) is 24.1 Å². The summed E-state index contributed by atoms with van der Waals surface area (Å²) in [5.74, 6) is -0.841. The summed E-state index contributed by atoms with van der Waals surface area (Å²) in [6.07, 6.45) is 4.51. The summed E-state index contributed by atoms with van der Waals surface area (Å²) in [5, 5.41) is 21.2. The van der Waals surface area contributed by atoms with Crippen molar-refractivity contribution in [2.24, 2.45) is 5.73 Å². The van der Waals surface area contributed by atoms with Gasteiger partial charge in [0.05, 0.1) is 24.1 Å². The fraction of sp³-hybridized carbons (Fsp3) is 0.154. The normalized spacial score (nSPS) is 11.8. The summed E-state index contributed by atoms with van der Waals surface area (Å²) in [6, 6.07) is 3.52. The Hall–Kier alpha value is -2.67. The molecule has 0 aliphatic heterocycles. The molecule has 0 saturated carbocycles. The van der Waals surface area contributed by atoms with E-state index in [1.807, 2.05) is 0 Å². The Kier molecular flexibility index (Phi) is 4.11. The predicted molar refractivity (Wildman–Crippen MR) is 72.1 cm³/mol. The number of nitrogens with zero attached hydrogens (tertiary/aromatic N) is 2. The second-order valence-corrected chi connectivity index (χ2v) is 4.25. The van der Waals surface area contributed by atoms with Crippen LogP contribution in [0.4, 0.5) is 5.69 Å². The molecule has 104 valence electrons. The molecular weight excluding hydrogens is 260 g/mol. The van der Waals surface area contributed by atoms with Crippen LogP contribution >= 0.6 is 0 Å². The molecule has 1 aromatic carbocycles. The van der Waals surface area contributed by atoms with Crippen LogP contribution in [0.1, 0.15) is 5.56 Å². The van der Waals surface area contributed by atoms with Gasteiger partial charge in [-0.2, -0.15) is 0 Å². The number of hydrogen-bond acceptors (Lipinski definition) is 6. The first-order valence-corrected chi connectivity index (χ1v) is 5.88. The first-order valence-electron chi connectivity index (χ1n) is 5.88. The second kappa shape index (κ2) is 5.98. The number of phenols is 2. The van der Waals surface area contributed by atoms with Crippen molar-refractivity contribution < 1.29 is 15.0 Å². The predicted octanol–water partition coefficient (Wildman–Crippen LogP) is 0.396. The molecule has 7 nitrogen and oxygen atoms in total. The smallest absolute Gasteiger partial charge is 0.241 e. The summed E-state index contributed by atoms with van der Waals surface area (Å²) < 4.78 is 0. The van der Waals surface area contributed by atoms with Crippen LogP contribution in [-0.4, -0.2) is 32.1 Å². The maximum atomic E-state index is 11.9. The third kappa shape index (κ3) is 3.42. The van der Waals surface area contributed by atoms with E-state index in [9.17, 15) is 15.0 Å². The van der Waals surface area contributed by atoms with Crippen LogP contribution in [0.2, 0.25) is 0 Å². The van der Waals surface area contributed by atoms with E-state index >= 15 is 0 Å². The second-order valence-electron chi connectivity index (χ2n) is 4.25. The number of rotatable bonds is 4. The molecule has 0 aliphatic carbocycles. The molecule has 5 N–H and O–H groups in total. The lowest BCUT2D eigenvalue weighted by atomic mass is 10.1. The standard InChI is InChI=1S/C13H14N4O3/c14-10(3-8-1-2-11(18)12(19)4-8)13(20)17-9-5-15-7-16-6-9/h1-2,4-7,10,18-19H,3,14H2,(H,17,20)/t10-/m0/s1. The molecule has 1 atom stereocenters. The number of nitrogens with one attached hydrogen (secondary N) is 1. The highest BCUT2D eigenvalue weighted by Gasteiger charge is 2.15. The van der Waals surface area contributed by atoms with E-state index in [2.05, 4.69) is 15.3 Å². The molecule has 0 aliphatic rings. The zero-order chi connectivity index (χ0) is 14.5. The highest BCUT2D eigenvalue weighted by molar-refractivity contribution is 5.94. The van der Waals surface area contributed by atoms with Gasteiger partial charge >= 0.3 is 0 Å². The number of benzene rings is 1. The highest BCUT2D eigenvalue weighted by Crippen LogP contribution is 2.25. The van der Waals surface area contributed by atoms with Crippen molar-refractivity contribution in [3.8, 4) is 11.5 Å². The van der Waals surface area contributed by atoms with E-state index in [0.717, 1.165) is 0 Å². The molecule has 0 bridgehead atoms. The lowest BCUT2D eigenvalue weighted by molar-refractivity contribution is -0.117. The van der Waals surface area contributed by atoms with Crippen LogP contribution in [0.3, 0.4) is 0 Å². The molecule has 0 spiro atoms. The SMILES string of the molecule is N[C@@H](Cc1ccc(O)c(O)c1)C(=O)Nc1cncnc1. The number of hydrogen-bond donors (Lipinski definition) is 4. The third-order valence-electron chi connectivity index (χ3n) is 2.66. The Labute approximate surface area is 115 Å². The van der Waals surface area contributed by atoms with Crippen molar-refractivity contribution >= 4 is 11.6 Å². The number of aromatic hydroxyl groups is 2. The van der Waals surface area contributed by atoms with Crippen molar-refractivity contribution in [1.29, 1.82) is 0 Å². The Bertz CT molecular complexity index is 604. The first kappa shape index (κ1) is 13.8. The van der Waals surface area contributed by atoms with Crippen molar-refractivity contribution in [3.05, 3.63) is 42.5 Å². The molecular formula is C13H14N4O3. The van der Waals surface area contributed by atoms with Gasteiger partial charge in [0.25, 0.3) is 0 Å². The molecule has 0 radical (unpaired) electrons.